The van der Waals surface area contributed by atoms with E-state index in [4.69, 9.17) is 0 Å². The highest BCUT2D eigenvalue weighted by Crippen LogP contribution is 2.22. The summed E-state index contributed by atoms with van der Waals surface area (Å²) in [5.41, 5.74) is 0. The lowest BCUT2D eigenvalue weighted by molar-refractivity contribution is 0.340. The minimum atomic E-state index is 0.955. The van der Waals surface area contributed by atoms with Gasteiger partial charge in [-0.2, -0.15) is 0 Å². The van der Waals surface area contributed by atoms with E-state index in [0.29, 0.717) is 0 Å². The van der Waals surface area contributed by atoms with Crippen LogP contribution in [0, 0.1) is 5.92 Å². The van der Waals surface area contributed by atoms with Gasteiger partial charge < -0.3 is 10.6 Å². The van der Waals surface area contributed by atoms with E-state index in [1.165, 1.54) is 38.6 Å². The normalized spacial score (nSPS) is 20.5. The summed E-state index contributed by atoms with van der Waals surface area (Å²) in [6, 6.07) is 0. The van der Waals surface area contributed by atoms with Crippen LogP contribution in [0.25, 0.3) is 0 Å². The van der Waals surface area contributed by atoms with Crippen molar-refractivity contribution >= 4 is 0 Å². The maximum absolute atomic E-state index is 3.39. The molecule has 2 N–H and O–H groups in total. The molecule has 0 aliphatic heterocycles. The predicted molar refractivity (Wildman–Crippen MR) is 48.5 cm³/mol. The molecule has 0 aromatic carbocycles. The Balaban J connectivity index is 1.96. The fourth-order valence-electron chi connectivity index (χ4n) is 1.79. The Labute approximate surface area is 69.8 Å². The van der Waals surface area contributed by atoms with Crippen LogP contribution in [0.5, 0.6) is 0 Å². The summed E-state index contributed by atoms with van der Waals surface area (Å²) in [6.45, 7) is 2.16. The average molecular weight is 156 g/mol. The third kappa shape index (κ3) is 3.73. The molecule has 1 fully saturated rings. The van der Waals surface area contributed by atoms with Crippen molar-refractivity contribution in [3.8, 4) is 0 Å². The van der Waals surface area contributed by atoms with Gasteiger partial charge in [0.05, 0.1) is 0 Å². The Kier molecular flexibility index (Phi) is 4.55. The van der Waals surface area contributed by atoms with Crippen molar-refractivity contribution in [3.63, 3.8) is 0 Å². The molecule has 0 bridgehead atoms. The van der Waals surface area contributed by atoms with Crippen molar-refractivity contribution in [1.82, 2.24) is 10.6 Å². The molecule has 1 rings (SSSR count). The maximum Gasteiger partial charge on any atom is 0.0451 e. The van der Waals surface area contributed by atoms with E-state index in [0.717, 1.165) is 12.6 Å². The van der Waals surface area contributed by atoms with E-state index in [1.807, 2.05) is 7.05 Å². The summed E-state index contributed by atoms with van der Waals surface area (Å²) in [5, 5.41) is 6.49. The molecular formula is C9H20N2. The van der Waals surface area contributed by atoms with E-state index in [1.54, 1.807) is 0 Å². The highest BCUT2D eigenvalue weighted by atomic mass is 15.0. The van der Waals surface area contributed by atoms with Crippen LogP contribution in [-0.2, 0) is 0 Å². The molecule has 66 valence electrons. The summed E-state index contributed by atoms with van der Waals surface area (Å²) >= 11 is 0. The minimum absolute atomic E-state index is 0.955. The third-order valence-corrected chi connectivity index (χ3v) is 2.46. The molecule has 0 spiro atoms. The molecule has 2 heteroatoms. The first kappa shape index (κ1) is 9.01. The maximum atomic E-state index is 3.39. The average Bonchev–Trinajstić information content (AvgIpc) is 2.07. The molecule has 0 amide bonds. The van der Waals surface area contributed by atoms with E-state index in [2.05, 4.69) is 10.6 Å². The molecule has 0 heterocycles. The number of nitrogens with one attached hydrogen (secondary N) is 2. The fraction of sp³-hybridized carbons (Fsp3) is 1.00. The molecule has 1 saturated carbocycles. The second-order valence-corrected chi connectivity index (χ2v) is 3.49. The lowest BCUT2D eigenvalue weighted by atomic mass is 9.89. The Morgan fingerprint density at radius 2 is 1.91 bits per heavy atom. The molecule has 2 nitrogen and oxygen atoms in total. The van der Waals surface area contributed by atoms with Crippen LogP contribution >= 0.6 is 0 Å². The molecule has 0 radical (unpaired) electrons. The van der Waals surface area contributed by atoms with Gasteiger partial charge in [-0.05, 0) is 32.4 Å². The monoisotopic (exact) mass is 156 g/mol. The van der Waals surface area contributed by atoms with E-state index >= 15 is 0 Å². The lowest BCUT2D eigenvalue weighted by Crippen LogP contribution is -2.31. The molecule has 0 unspecified atom stereocenters. The van der Waals surface area contributed by atoms with Crippen molar-refractivity contribution < 1.29 is 0 Å². The van der Waals surface area contributed by atoms with Gasteiger partial charge >= 0.3 is 0 Å². The number of hydrogen-bond acceptors (Lipinski definition) is 2. The first-order valence-electron chi connectivity index (χ1n) is 4.79. The number of hydrogen-bond donors (Lipinski definition) is 2. The summed E-state index contributed by atoms with van der Waals surface area (Å²) in [5.74, 6) is 0.956. The topological polar surface area (TPSA) is 24.1 Å². The summed E-state index contributed by atoms with van der Waals surface area (Å²) in [6.07, 6.45) is 7.24. The third-order valence-electron chi connectivity index (χ3n) is 2.46. The molecular weight excluding hydrogens is 136 g/mol. The minimum Gasteiger partial charge on any atom is -0.308 e. The van der Waals surface area contributed by atoms with Gasteiger partial charge in [-0.3, -0.25) is 0 Å². The molecule has 0 atom stereocenters. The lowest BCUT2D eigenvalue weighted by Gasteiger charge is -2.21. The van der Waals surface area contributed by atoms with Crippen molar-refractivity contribution in [2.75, 3.05) is 20.3 Å². The van der Waals surface area contributed by atoms with Gasteiger partial charge in [0, 0.05) is 6.67 Å². The zero-order valence-corrected chi connectivity index (χ0v) is 7.53. The molecule has 1 aliphatic carbocycles. The van der Waals surface area contributed by atoms with Crippen molar-refractivity contribution in [1.29, 1.82) is 0 Å². The summed E-state index contributed by atoms with van der Waals surface area (Å²) < 4.78 is 0. The van der Waals surface area contributed by atoms with Crippen LogP contribution in [0.3, 0.4) is 0 Å². The smallest absolute Gasteiger partial charge is 0.0451 e. The Bertz CT molecular complexity index is 87.6. The van der Waals surface area contributed by atoms with Crippen molar-refractivity contribution in [3.05, 3.63) is 0 Å². The number of rotatable bonds is 4. The zero-order valence-electron chi connectivity index (χ0n) is 7.53. The van der Waals surface area contributed by atoms with Gasteiger partial charge in [-0.1, -0.05) is 19.3 Å². The second kappa shape index (κ2) is 5.56. The quantitative estimate of drug-likeness (QED) is 0.474. The SMILES string of the molecule is CNCNCC1CCCCC1. The Morgan fingerprint density at radius 1 is 1.18 bits per heavy atom. The van der Waals surface area contributed by atoms with Gasteiger partial charge in [0.15, 0.2) is 0 Å². The standard InChI is InChI=1S/C9H20N2/c1-10-8-11-7-9-5-3-2-4-6-9/h9-11H,2-8H2,1H3. The van der Waals surface area contributed by atoms with Gasteiger partial charge in [0.25, 0.3) is 0 Å². The first-order chi connectivity index (χ1) is 5.43. The fourth-order valence-corrected chi connectivity index (χ4v) is 1.79. The van der Waals surface area contributed by atoms with E-state index in [-0.39, 0.29) is 0 Å². The van der Waals surface area contributed by atoms with Crippen LogP contribution in [0.15, 0.2) is 0 Å². The van der Waals surface area contributed by atoms with Crippen molar-refractivity contribution in [2.24, 2.45) is 5.92 Å². The largest absolute Gasteiger partial charge is 0.308 e. The van der Waals surface area contributed by atoms with Crippen LogP contribution in [0.4, 0.5) is 0 Å². The van der Waals surface area contributed by atoms with Gasteiger partial charge in [0.2, 0.25) is 0 Å². The molecule has 0 saturated heterocycles. The first-order valence-corrected chi connectivity index (χ1v) is 4.79. The van der Waals surface area contributed by atoms with Gasteiger partial charge in [0.1, 0.15) is 0 Å². The Morgan fingerprint density at radius 3 is 2.55 bits per heavy atom. The van der Waals surface area contributed by atoms with Crippen LogP contribution in [-0.4, -0.2) is 20.3 Å². The van der Waals surface area contributed by atoms with Crippen LogP contribution in [0.2, 0.25) is 0 Å². The molecule has 0 aromatic rings. The van der Waals surface area contributed by atoms with Gasteiger partial charge in [-0.25, -0.2) is 0 Å². The summed E-state index contributed by atoms with van der Waals surface area (Å²) in [7, 11) is 1.98. The summed E-state index contributed by atoms with van der Waals surface area (Å²) in [4.78, 5) is 0. The van der Waals surface area contributed by atoms with Crippen LogP contribution in [0.1, 0.15) is 32.1 Å². The zero-order chi connectivity index (χ0) is 7.94. The van der Waals surface area contributed by atoms with Crippen LogP contribution < -0.4 is 10.6 Å². The predicted octanol–water partition coefficient (Wildman–Crippen LogP) is 1.33. The molecule has 0 aromatic heterocycles. The van der Waals surface area contributed by atoms with Gasteiger partial charge in [-0.15, -0.1) is 0 Å². The molecule has 11 heavy (non-hydrogen) atoms. The van der Waals surface area contributed by atoms with Crippen molar-refractivity contribution in [2.45, 2.75) is 32.1 Å². The molecule has 1 aliphatic rings. The Hall–Kier alpha value is -0.0800. The van der Waals surface area contributed by atoms with E-state index in [9.17, 15) is 0 Å². The second-order valence-electron chi connectivity index (χ2n) is 3.49. The highest BCUT2D eigenvalue weighted by molar-refractivity contribution is 4.67. The highest BCUT2D eigenvalue weighted by Gasteiger charge is 2.11. The van der Waals surface area contributed by atoms with E-state index < -0.39 is 0 Å².